The first-order valence-corrected chi connectivity index (χ1v) is 5.68. The van der Waals surface area contributed by atoms with Gasteiger partial charge in [0.2, 0.25) is 0 Å². The molecule has 0 unspecified atom stereocenters. The number of methoxy groups -OCH3 is 2. The standard InChI is InChI=1S/C15H13FO3/c1-18-14-9-12(7-8-13(14)16)10-3-5-11(6-4-10)15(17)19-2/h3-9H,1-2H3. The first kappa shape index (κ1) is 13.1. The second-order valence-corrected chi connectivity index (χ2v) is 3.92. The largest absolute Gasteiger partial charge is 0.494 e. The summed E-state index contributed by atoms with van der Waals surface area (Å²) < 4.78 is 22.9. The minimum atomic E-state index is -0.405. The van der Waals surface area contributed by atoms with Gasteiger partial charge in [0.05, 0.1) is 19.8 Å². The van der Waals surface area contributed by atoms with Gasteiger partial charge in [0, 0.05) is 0 Å². The monoisotopic (exact) mass is 260 g/mol. The number of benzene rings is 2. The lowest BCUT2D eigenvalue weighted by molar-refractivity contribution is 0.0601. The first-order chi connectivity index (χ1) is 9.15. The molecule has 0 aliphatic heterocycles. The summed E-state index contributed by atoms with van der Waals surface area (Å²) in [6.07, 6.45) is 0. The van der Waals surface area contributed by atoms with Gasteiger partial charge in [-0.15, -0.1) is 0 Å². The number of hydrogen-bond acceptors (Lipinski definition) is 3. The highest BCUT2D eigenvalue weighted by Crippen LogP contribution is 2.26. The molecule has 2 rings (SSSR count). The molecule has 2 aromatic carbocycles. The predicted molar refractivity (Wildman–Crippen MR) is 69.7 cm³/mol. The molecule has 3 nitrogen and oxygen atoms in total. The van der Waals surface area contributed by atoms with Gasteiger partial charge < -0.3 is 9.47 Å². The Balaban J connectivity index is 2.34. The molecule has 2 aromatic rings. The molecule has 0 radical (unpaired) electrons. The normalized spacial score (nSPS) is 10.1. The maximum absolute atomic E-state index is 13.3. The van der Waals surface area contributed by atoms with Crippen molar-refractivity contribution in [3.63, 3.8) is 0 Å². The number of carbonyl (C=O) groups excluding carboxylic acids is 1. The Hall–Kier alpha value is -2.36. The molecule has 0 heterocycles. The lowest BCUT2D eigenvalue weighted by Crippen LogP contribution is -2.00. The third kappa shape index (κ3) is 2.73. The molecule has 0 aromatic heterocycles. The van der Waals surface area contributed by atoms with E-state index in [4.69, 9.17) is 4.74 Å². The molecule has 0 N–H and O–H groups in total. The predicted octanol–water partition coefficient (Wildman–Crippen LogP) is 3.29. The molecule has 0 amide bonds. The average Bonchev–Trinajstić information content (AvgIpc) is 2.47. The zero-order valence-corrected chi connectivity index (χ0v) is 10.6. The van der Waals surface area contributed by atoms with Crippen LogP contribution in [0.2, 0.25) is 0 Å². The van der Waals surface area contributed by atoms with Gasteiger partial charge >= 0.3 is 5.97 Å². The SMILES string of the molecule is COC(=O)c1ccc(-c2ccc(F)c(OC)c2)cc1. The highest BCUT2D eigenvalue weighted by molar-refractivity contribution is 5.90. The van der Waals surface area contributed by atoms with Crippen LogP contribution in [0.5, 0.6) is 5.75 Å². The maximum atomic E-state index is 13.3. The van der Waals surface area contributed by atoms with Gasteiger partial charge in [0.1, 0.15) is 0 Å². The Morgan fingerprint density at radius 1 is 1.00 bits per heavy atom. The van der Waals surface area contributed by atoms with Gasteiger partial charge in [-0.3, -0.25) is 0 Å². The van der Waals surface area contributed by atoms with Crippen molar-refractivity contribution >= 4 is 5.97 Å². The van der Waals surface area contributed by atoms with E-state index in [0.717, 1.165) is 11.1 Å². The Morgan fingerprint density at radius 3 is 2.21 bits per heavy atom. The van der Waals surface area contributed by atoms with Crippen molar-refractivity contribution in [2.24, 2.45) is 0 Å². The number of esters is 1. The fourth-order valence-corrected chi connectivity index (χ4v) is 1.76. The van der Waals surface area contributed by atoms with E-state index < -0.39 is 5.82 Å². The molecule has 98 valence electrons. The molecule has 0 aliphatic rings. The quantitative estimate of drug-likeness (QED) is 0.794. The van der Waals surface area contributed by atoms with Crippen LogP contribution >= 0.6 is 0 Å². The van der Waals surface area contributed by atoms with Crippen LogP contribution in [0, 0.1) is 5.82 Å². The summed E-state index contributed by atoms with van der Waals surface area (Å²) in [4.78, 5) is 11.3. The topological polar surface area (TPSA) is 35.5 Å². The highest BCUT2D eigenvalue weighted by atomic mass is 19.1. The number of hydrogen-bond donors (Lipinski definition) is 0. The van der Waals surface area contributed by atoms with E-state index in [1.165, 1.54) is 20.3 Å². The van der Waals surface area contributed by atoms with Crippen LogP contribution in [0.25, 0.3) is 11.1 Å². The van der Waals surface area contributed by atoms with Gasteiger partial charge in [-0.05, 0) is 35.4 Å². The Kier molecular flexibility index (Phi) is 3.80. The molecule has 0 saturated heterocycles. The van der Waals surface area contributed by atoms with E-state index in [2.05, 4.69) is 4.74 Å². The molecule has 0 fully saturated rings. The van der Waals surface area contributed by atoms with Gasteiger partial charge in [0.25, 0.3) is 0 Å². The van der Waals surface area contributed by atoms with Crippen molar-refractivity contribution in [2.45, 2.75) is 0 Å². The molecule has 0 atom stereocenters. The average molecular weight is 260 g/mol. The molecule has 4 heteroatoms. The Labute approximate surface area is 110 Å². The summed E-state index contributed by atoms with van der Waals surface area (Å²) in [5.41, 5.74) is 2.15. The van der Waals surface area contributed by atoms with Crippen LogP contribution in [-0.2, 0) is 4.74 Å². The van der Waals surface area contributed by atoms with E-state index in [9.17, 15) is 9.18 Å². The minimum absolute atomic E-state index is 0.189. The number of ether oxygens (including phenoxy) is 2. The third-order valence-corrected chi connectivity index (χ3v) is 2.79. The van der Waals surface area contributed by atoms with Gasteiger partial charge in [-0.2, -0.15) is 0 Å². The molecule has 0 aliphatic carbocycles. The lowest BCUT2D eigenvalue weighted by Gasteiger charge is -2.06. The van der Waals surface area contributed by atoms with E-state index >= 15 is 0 Å². The van der Waals surface area contributed by atoms with Crippen molar-refractivity contribution < 1.29 is 18.7 Å². The lowest BCUT2D eigenvalue weighted by atomic mass is 10.0. The second-order valence-electron chi connectivity index (χ2n) is 3.92. The van der Waals surface area contributed by atoms with Crippen molar-refractivity contribution in [3.8, 4) is 16.9 Å². The van der Waals surface area contributed by atoms with Crippen molar-refractivity contribution in [2.75, 3.05) is 14.2 Å². The van der Waals surface area contributed by atoms with Crippen LogP contribution in [0.3, 0.4) is 0 Å². The summed E-state index contributed by atoms with van der Waals surface area (Å²) in [6, 6.07) is 11.5. The maximum Gasteiger partial charge on any atom is 0.337 e. The summed E-state index contributed by atoms with van der Waals surface area (Å²) in [7, 11) is 2.75. The first-order valence-electron chi connectivity index (χ1n) is 5.68. The van der Waals surface area contributed by atoms with Crippen LogP contribution in [0.4, 0.5) is 4.39 Å². The van der Waals surface area contributed by atoms with Gasteiger partial charge in [0.15, 0.2) is 11.6 Å². The molecular formula is C15H13FO3. The van der Waals surface area contributed by atoms with Gasteiger partial charge in [-0.25, -0.2) is 9.18 Å². The number of halogens is 1. The fraction of sp³-hybridized carbons (Fsp3) is 0.133. The molecule has 0 spiro atoms. The summed E-state index contributed by atoms with van der Waals surface area (Å²) >= 11 is 0. The fourth-order valence-electron chi connectivity index (χ4n) is 1.76. The second kappa shape index (κ2) is 5.52. The molecule has 0 bridgehead atoms. The minimum Gasteiger partial charge on any atom is -0.494 e. The molecule has 0 saturated carbocycles. The van der Waals surface area contributed by atoms with Crippen LogP contribution in [0.1, 0.15) is 10.4 Å². The van der Waals surface area contributed by atoms with Crippen molar-refractivity contribution in [1.29, 1.82) is 0 Å². The smallest absolute Gasteiger partial charge is 0.337 e. The molecule has 19 heavy (non-hydrogen) atoms. The van der Waals surface area contributed by atoms with Gasteiger partial charge in [-0.1, -0.05) is 18.2 Å². The van der Waals surface area contributed by atoms with Crippen molar-refractivity contribution in [1.82, 2.24) is 0 Å². The van der Waals surface area contributed by atoms with E-state index in [0.29, 0.717) is 5.56 Å². The van der Waals surface area contributed by atoms with Crippen LogP contribution < -0.4 is 4.74 Å². The highest BCUT2D eigenvalue weighted by Gasteiger charge is 2.07. The van der Waals surface area contributed by atoms with E-state index in [1.807, 2.05) is 0 Å². The summed E-state index contributed by atoms with van der Waals surface area (Å²) in [5, 5.41) is 0. The third-order valence-electron chi connectivity index (χ3n) is 2.79. The zero-order chi connectivity index (χ0) is 13.8. The van der Waals surface area contributed by atoms with Crippen molar-refractivity contribution in [3.05, 3.63) is 53.8 Å². The Morgan fingerprint density at radius 2 is 1.63 bits per heavy atom. The molecular weight excluding hydrogens is 247 g/mol. The van der Waals surface area contributed by atoms with Crippen LogP contribution in [0.15, 0.2) is 42.5 Å². The van der Waals surface area contributed by atoms with E-state index in [1.54, 1.807) is 36.4 Å². The Bertz CT molecular complexity index is 591. The summed E-state index contributed by atoms with van der Waals surface area (Å²) in [6.45, 7) is 0. The number of rotatable bonds is 3. The summed E-state index contributed by atoms with van der Waals surface area (Å²) in [5.74, 6) is -0.602. The zero-order valence-electron chi connectivity index (χ0n) is 10.6. The van der Waals surface area contributed by atoms with E-state index in [-0.39, 0.29) is 11.7 Å². The number of carbonyl (C=O) groups is 1. The van der Waals surface area contributed by atoms with Crippen LogP contribution in [-0.4, -0.2) is 20.2 Å².